The van der Waals surface area contributed by atoms with Crippen LogP contribution in [0.15, 0.2) is 16.3 Å². The Kier molecular flexibility index (Phi) is 3.14. The van der Waals surface area contributed by atoms with E-state index in [1.165, 1.54) is 36.6 Å². The van der Waals surface area contributed by atoms with Crippen molar-refractivity contribution in [3.05, 3.63) is 11.3 Å². The first-order valence-corrected chi connectivity index (χ1v) is 6.59. The van der Waals surface area contributed by atoms with E-state index in [0.717, 1.165) is 23.7 Å². The molecule has 1 heterocycles. The third-order valence-corrected chi connectivity index (χ3v) is 3.71. The summed E-state index contributed by atoms with van der Waals surface area (Å²) in [5, 5.41) is 0.827. The molecule has 15 heavy (non-hydrogen) atoms. The molecule has 1 saturated carbocycles. The molecule has 2 rings (SSSR count). The Hall–Kier alpha value is -0.770. The highest BCUT2D eigenvalue weighted by Crippen LogP contribution is 2.30. The van der Waals surface area contributed by atoms with E-state index in [0.29, 0.717) is 0 Å². The third kappa shape index (κ3) is 1.95. The maximum absolute atomic E-state index is 11.9. The second kappa shape index (κ2) is 4.39. The van der Waals surface area contributed by atoms with Crippen LogP contribution < -0.4 is 0 Å². The summed E-state index contributed by atoms with van der Waals surface area (Å²) in [4.78, 5) is 18.0. The molecule has 3 nitrogen and oxygen atoms in total. The molecular weight excluding hydrogens is 208 g/mol. The van der Waals surface area contributed by atoms with Crippen molar-refractivity contribution in [3.63, 3.8) is 0 Å². The van der Waals surface area contributed by atoms with Gasteiger partial charge >= 0.3 is 0 Å². The van der Waals surface area contributed by atoms with Gasteiger partial charge in [0.15, 0.2) is 5.17 Å². The summed E-state index contributed by atoms with van der Waals surface area (Å²) in [6, 6.07) is 0. The van der Waals surface area contributed by atoms with Gasteiger partial charge in [0.2, 0.25) is 0 Å². The first-order valence-electron chi connectivity index (χ1n) is 5.37. The molecule has 1 aliphatic carbocycles. The average molecular weight is 224 g/mol. The van der Waals surface area contributed by atoms with Crippen molar-refractivity contribution in [2.45, 2.75) is 32.1 Å². The molecule has 0 aromatic rings. The molecule has 0 bridgehead atoms. The molecule has 0 aromatic carbocycles. The smallest absolute Gasteiger partial charge is 0.278 e. The molecule has 0 spiro atoms. The SMILES string of the molecule is CSC1=NC(=C2CCCCC2)C(=O)N1C. The van der Waals surface area contributed by atoms with E-state index in [9.17, 15) is 4.79 Å². The van der Waals surface area contributed by atoms with Crippen molar-refractivity contribution < 1.29 is 4.79 Å². The van der Waals surface area contributed by atoms with E-state index >= 15 is 0 Å². The minimum absolute atomic E-state index is 0.0799. The molecule has 2 aliphatic rings. The number of nitrogens with zero attached hydrogens (tertiary/aromatic N) is 2. The zero-order chi connectivity index (χ0) is 10.8. The minimum Gasteiger partial charge on any atom is -0.289 e. The lowest BCUT2D eigenvalue weighted by molar-refractivity contribution is -0.121. The van der Waals surface area contributed by atoms with E-state index < -0.39 is 0 Å². The Balaban J connectivity index is 2.29. The second-order valence-electron chi connectivity index (χ2n) is 3.98. The van der Waals surface area contributed by atoms with Crippen molar-refractivity contribution in [1.82, 2.24) is 4.90 Å². The molecule has 0 radical (unpaired) electrons. The van der Waals surface area contributed by atoms with Gasteiger partial charge in [0, 0.05) is 7.05 Å². The number of carbonyl (C=O) groups is 1. The largest absolute Gasteiger partial charge is 0.289 e. The van der Waals surface area contributed by atoms with Crippen LogP contribution in [0.2, 0.25) is 0 Å². The predicted molar refractivity (Wildman–Crippen MR) is 63.8 cm³/mol. The van der Waals surface area contributed by atoms with Gasteiger partial charge in [-0.15, -0.1) is 0 Å². The van der Waals surface area contributed by atoms with Gasteiger partial charge in [0.1, 0.15) is 5.70 Å². The fourth-order valence-corrected chi connectivity index (χ4v) is 2.63. The number of rotatable bonds is 0. The number of amidine groups is 1. The number of likely N-dealkylation sites (N-methyl/N-ethyl adjacent to an activating group) is 1. The molecule has 0 N–H and O–H groups in total. The maximum atomic E-state index is 11.9. The summed E-state index contributed by atoms with van der Waals surface area (Å²) >= 11 is 1.53. The summed E-state index contributed by atoms with van der Waals surface area (Å²) in [6.07, 6.45) is 7.77. The summed E-state index contributed by atoms with van der Waals surface area (Å²) in [5.74, 6) is 0.0799. The van der Waals surface area contributed by atoms with Crippen LogP contribution in [0.3, 0.4) is 0 Å². The number of carbonyl (C=O) groups excluding carboxylic acids is 1. The van der Waals surface area contributed by atoms with Crippen LogP contribution >= 0.6 is 11.8 Å². The molecule has 1 amide bonds. The quantitative estimate of drug-likeness (QED) is 0.592. The van der Waals surface area contributed by atoms with Crippen molar-refractivity contribution >= 4 is 22.8 Å². The van der Waals surface area contributed by atoms with Crippen molar-refractivity contribution in [2.24, 2.45) is 4.99 Å². The van der Waals surface area contributed by atoms with Gasteiger partial charge in [-0.2, -0.15) is 0 Å². The van der Waals surface area contributed by atoms with Gasteiger partial charge in [0.05, 0.1) is 0 Å². The molecule has 0 atom stereocenters. The van der Waals surface area contributed by atoms with Crippen LogP contribution in [-0.4, -0.2) is 29.3 Å². The van der Waals surface area contributed by atoms with E-state index in [-0.39, 0.29) is 5.91 Å². The Morgan fingerprint density at radius 1 is 1.27 bits per heavy atom. The Labute approximate surface area is 94.6 Å². The highest BCUT2D eigenvalue weighted by Gasteiger charge is 2.29. The fourth-order valence-electron chi connectivity index (χ4n) is 2.09. The summed E-state index contributed by atoms with van der Waals surface area (Å²) in [5.41, 5.74) is 1.99. The minimum atomic E-state index is 0.0799. The van der Waals surface area contributed by atoms with Gasteiger partial charge in [-0.3, -0.25) is 9.69 Å². The average Bonchev–Trinajstić information content (AvgIpc) is 2.57. The normalized spacial score (nSPS) is 22.4. The molecule has 0 aromatic heterocycles. The molecule has 82 valence electrons. The van der Waals surface area contributed by atoms with Gasteiger partial charge in [-0.05, 0) is 37.5 Å². The number of aliphatic imine (C=N–C) groups is 1. The standard InChI is InChI=1S/C11H16N2OS/c1-13-10(14)9(12-11(13)15-2)8-6-4-3-5-7-8/h3-7H2,1-2H3. The van der Waals surface area contributed by atoms with Crippen molar-refractivity contribution in [2.75, 3.05) is 13.3 Å². The molecule has 0 saturated heterocycles. The lowest BCUT2D eigenvalue weighted by atomic mass is 9.93. The van der Waals surface area contributed by atoms with Gasteiger partial charge in [-0.25, -0.2) is 4.99 Å². The lowest BCUT2D eigenvalue weighted by Gasteiger charge is -2.14. The topological polar surface area (TPSA) is 32.7 Å². The second-order valence-corrected chi connectivity index (χ2v) is 4.75. The van der Waals surface area contributed by atoms with Crippen LogP contribution in [0.5, 0.6) is 0 Å². The monoisotopic (exact) mass is 224 g/mol. The maximum Gasteiger partial charge on any atom is 0.278 e. The van der Waals surface area contributed by atoms with E-state index in [1.807, 2.05) is 6.26 Å². The molecule has 4 heteroatoms. The Bertz CT molecular complexity index is 338. The van der Waals surface area contributed by atoms with Crippen LogP contribution in [0, 0.1) is 0 Å². The van der Waals surface area contributed by atoms with Crippen LogP contribution in [0.4, 0.5) is 0 Å². The van der Waals surface area contributed by atoms with Gasteiger partial charge in [0.25, 0.3) is 5.91 Å². The Morgan fingerprint density at radius 3 is 2.47 bits per heavy atom. The first-order chi connectivity index (χ1) is 7.24. The van der Waals surface area contributed by atoms with Gasteiger partial charge < -0.3 is 0 Å². The zero-order valence-electron chi connectivity index (χ0n) is 9.25. The van der Waals surface area contributed by atoms with E-state index in [1.54, 1.807) is 11.9 Å². The number of hydrogen-bond donors (Lipinski definition) is 0. The third-order valence-electron chi connectivity index (χ3n) is 2.98. The predicted octanol–water partition coefficient (Wildman–Crippen LogP) is 2.40. The summed E-state index contributed by atoms with van der Waals surface area (Å²) < 4.78 is 0. The first kappa shape index (κ1) is 10.7. The Morgan fingerprint density at radius 2 is 1.93 bits per heavy atom. The number of allylic oxidation sites excluding steroid dienone is 1. The van der Waals surface area contributed by atoms with E-state index in [2.05, 4.69) is 4.99 Å². The molecule has 0 unspecified atom stereocenters. The highest BCUT2D eigenvalue weighted by atomic mass is 32.2. The zero-order valence-corrected chi connectivity index (χ0v) is 10.1. The number of amides is 1. The molecule has 1 aliphatic heterocycles. The summed E-state index contributed by atoms with van der Waals surface area (Å²) in [7, 11) is 1.80. The van der Waals surface area contributed by atoms with E-state index in [4.69, 9.17) is 0 Å². The number of hydrogen-bond acceptors (Lipinski definition) is 3. The molecular formula is C11H16N2OS. The van der Waals surface area contributed by atoms with Crippen molar-refractivity contribution in [1.29, 1.82) is 0 Å². The fraction of sp³-hybridized carbons (Fsp3) is 0.636. The summed E-state index contributed by atoms with van der Waals surface area (Å²) in [6.45, 7) is 0. The lowest BCUT2D eigenvalue weighted by Crippen LogP contribution is -2.25. The highest BCUT2D eigenvalue weighted by molar-refractivity contribution is 8.13. The molecule has 1 fully saturated rings. The van der Waals surface area contributed by atoms with Crippen LogP contribution in [0.25, 0.3) is 0 Å². The number of thioether (sulfide) groups is 1. The van der Waals surface area contributed by atoms with Gasteiger partial charge in [-0.1, -0.05) is 18.2 Å². The van der Waals surface area contributed by atoms with Crippen LogP contribution in [0.1, 0.15) is 32.1 Å². The van der Waals surface area contributed by atoms with Crippen molar-refractivity contribution in [3.8, 4) is 0 Å². The van der Waals surface area contributed by atoms with Crippen LogP contribution in [-0.2, 0) is 4.79 Å².